The number of rotatable bonds is 7. The average Bonchev–Trinajstić information content (AvgIpc) is 3.59. The van der Waals surface area contributed by atoms with Crippen molar-refractivity contribution in [2.24, 2.45) is 0 Å². The second kappa shape index (κ2) is 8.37. The van der Waals surface area contributed by atoms with E-state index >= 15 is 0 Å². The summed E-state index contributed by atoms with van der Waals surface area (Å²) in [6, 6.07) is 14.6. The molecular formula is C22H26N2O5S. The Kier molecular flexibility index (Phi) is 5.81. The molecule has 1 saturated carbocycles. The Morgan fingerprint density at radius 3 is 2.47 bits per heavy atom. The summed E-state index contributed by atoms with van der Waals surface area (Å²) in [7, 11) is -2.23. The lowest BCUT2D eigenvalue weighted by atomic mass is 9.96. The maximum absolute atomic E-state index is 13.0. The number of carbonyl (C=O) groups is 1. The Morgan fingerprint density at radius 2 is 1.83 bits per heavy atom. The van der Waals surface area contributed by atoms with Gasteiger partial charge in [0, 0.05) is 25.0 Å². The van der Waals surface area contributed by atoms with Gasteiger partial charge in [-0.05, 0) is 36.6 Å². The third-order valence-corrected chi connectivity index (χ3v) is 7.75. The smallest absolute Gasteiger partial charge is 0.255 e. The molecule has 2 aliphatic rings. The van der Waals surface area contributed by atoms with E-state index in [4.69, 9.17) is 9.47 Å². The molecule has 8 heteroatoms. The summed E-state index contributed by atoms with van der Waals surface area (Å²) in [6.45, 7) is 1.83. The largest absolute Gasteiger partial charge is 0.496 e. The number of methoxy groups -OCH3 is 1. The first-order chi connectivity index (χ1) is 14.5. The fourth-order valence-electron chi connectivity index (χ4n) is 3.82. The molecule has 0 atom stereocenters. The highest BCUT2D eigenvalue weighted by molar-refractivity contribution is 7.89. The molecule has 1 aliphatic heterocycles. The predicted molar refractivity (Wildman–Crippen MR) is 112 cm³/mol. The number of nitrogens with zero attached hydrogens (tertiary/aromatic N) is 1. The Hall–Kier alpha value is -2.42. The molecule has 160 valence electrons. The number of benzene rings is 2. The fourth-order valence-corrected chi connectivity index (χ4v) is 5.25. The lowest BCUT2D eigenvalue weighted by molar-refractivity contribution is 0.0730. The maximum atomic E-state index is 13.0. The first-order valence-corrected chi connectivity index (χ1v) is 11.5. The number of hydrogen-bond acceptors (Lipinski definition) is 5. The lowest BCUT2D eigenvalue weighted by Crippen LogP contribution is -2.40. The zero-order valence-corrected chi connectivity index (χ0v) is 17.8. The molecule has 7 nitrogen and oxygen atoms in total. The van der Waals surface area contributed by atoms with Gasteiger partial charge in [-0.15, -0.1) is 0 Å². The van der Waals surface area contributed by atoms with E-state index in [1.807, 2.05) is 18.2 Å². The predicted octanol–water partition coefficient (Wildman–Crippen LogP) is 2.18. The summed E-state index contributed by atoms with van der Waals surface area (Å²) in [6.07, 6.45) is 2.03. The number of nitrogens with one attached hydrogen (secondary N) is 1. The molecule has 1 saturated heterocycles. The molecule has 0 spiro atoms. The molecule has 30 heavy (non-hydrogen) atoms. The van der Waals surface area contributed by atoms with E-state index in [1.165, 1.54) is 35.2 Å². The normalized spacial score (nSPS) is 18.6. The van der Waals surface area contributed by atoms with Crippen molar-refractivity contribution in [1.82, 2.24) is 9.62 Å². The van der Waals surface area contributed by atoms with Crippen LogP contribution in [0.2, 0.25) is 0 Å². The summed E-state index contributed by atoms with van der Waals surface area (Å²) in [4.78, 5) is 13.0. The van der Waals surface area contributed by atoms with E-state index in [-0.39, 0.29) is 21.8 Å². The van der Waals surface area contributed by atoms with Crippen molar-refractivity contribution in [1.29, 1.82) is 0 Å². The minimum atomic E-state index is -3.70. The van der Waals surface area contributed by atoms with E-state index < -0.39 is 10.0 Å². The van der Waals surface area contributed by atoms with E-state index in [0.717, 1.165) is 12.8 Å². The Morgan fingerprint density at radius 1 is 1.13 bits per heavy atom. The number of ether oxygens (including phenoxy) is 2. The van der Waals surface area contributed by atoms with Crippen molar-refractivity contribution in [2.75, 3.05) is 40.0 Å². The molecule has 2 aromatic carbocycles. The van der Waals surface area contributed by atoms with Gasteiger partial charge in [0.15, 0.2) is 0 Å². The minimum Gasteiger partial charge on any atom is -0.496 e. The molecule has 0 unspecified atom stereocenters. The summed E-state index contributed by atoms with van der Waals surface area (Å²) in [5, 5.41) is 2.99. The average molecular weight is 431 g/mol. The lowest BCUT2D eigenvalue weighted by Gasteiger charge is -2.26. The highest BCUT2D eigenvalue weighted by Crippen LogP contribution is 2.47. The van der Waals surface area contributed by atoms with Gasteiger partial charge in [-0.2, -0.15) is 4.31 Å². The van der Waals surface area contributed by atoms with Crippen LogP contribution in [0.25, 0.3) is 0 Å². The van der Waals surface area contributed by atoms with Crippen LogP contribution in [0.3, 0.4) is 0 Å². The molecule has 1 N–H and O–H groups in total. The molecule has 0 bridgehead atoms. The van der Waals surface area contributed by atoms with Gasteiger partial charge in [0.05, 0.1) is 30.8 Å². The molecule has 0 radical (unpaired) electrons. The SMILES string of the molecule is COc1ccc(S(=O)(=O)N2CCOCC2)cc1C(=O)NCC1(c2ccccc2)CC1. The minimum absolute atomic E-state index is 0.0400. The van der Waals surface area contributed by atoms with Crippen molar-refractivity contribution in [3.63, 3.8) is 0 Å². The van der Waals surface area contributed by atoms with Crippen LogP contribution in [0.5, 0.6) is 5.75 Å². The second-order valence-corrected chi connectivity index (χ2v) is 9.65. The van der Waals surface area contributed by atoms with E-state index in [1.54, 1.807) is 0 Å². The fraction of sp³-hybridized carbons (Fsp3) is 0.409. The molecule has 2 aromatic rings. The summed E-state index contributed by atoms with van der Waals surface area (Å²) >= 11 is 0. The van der Waals surface area contributed by atoms with Crippen LogP contribution in [-0.4, -0.2) is 58.6 Å². The number of carbonyl (C=O) groups excluding carboxylic acids is 1. The van der Waals surface area contributed by atoms with Crippen LogP contribution in [0, 0.1) is 0 Å². The Balaban J connectivity index is 1.54. The van der Waals surface area contributed by atoms with Crippen LogP contribution in [-0.2, 0) is 20.2 Å². The van der Waals surface area contributed by atoms with Gasteiger partial charge in [-0.3, -0.25) is 4.79 Å². The van der Waals surface area contributed by atoms with E-state index in [9.17, 15) is 13.2 Å². The molecule has 1 amide bonds. The van der Waals surface area contributed by atoms with E-state index in [0.29, 0.717) is 38.6 Å². The number of morpholine rings is 1. The van der Waals surface area contributed by atoms with Crippen molar-refractivity contribution >= 4 is 15.9 Å². The van der Waals surface area contributed by atoms with Crippen molar-refractivity contribution in [2.45, 2.75) is 23.2 Å². The number of hydrogen-bond donors (Lipinski definition) is 1. The van der Waals surface area contributed by atoms with Gasteiger partial charge < -0.3 is 14.8 Å². The maximum Gasteiger partial charge on any atom is 0.255 e. The van der Waals surface area contributed by atoms with Gasteiger partial charge in [0.1, 0.15) is 5.75 Å². The van der Waals surface area contributed by atoms with Crippen LogP contribution in [0.4, 0.5) is 0 Å². The molecular weight excluding hydrogens is 404 g/mol. The van der Waals surface area contributed by atoms with Crippen LogP contribution in [0.15, 0.2) is 53.4 Å². The zero-order chi connectivity index (χ0) is 21.2. The van der Waals surface area contributed by atoms with Gasteiger partial charge in [-0.1, -0.05) is 30.3 Å². The topological polar surface area (TPSA) is 84.9 Å². The van der Waals surface area contributed by atoms with Gasteiger partial charge in [0.2, 0.25) is 10.0 Å². The summed E-state index contributed by atoms with van der Waals surface area (Å²) in [5.74, 6) is 0.00562. The third kappa shape index (κ3) is 4.08. The molecule has 2 fully saturated rings. The Bertz CT molecular complexity index is 1010. The zero-order valence-electron chi connectivity index (χ0n) is 17.0. The quantitative estimate of drug-likeness (QED) is 0.728. The summed E-state index contributed by atoms with van der Waals surface area (Å²) in [5.41, 5.74) is 1.39. The van der Waals surface area contributed by atoms with Crippen molar-refractivity contribution < 1.29 is 22.7 Å². The van der Waals surface area contributed by atoms with Crippen LogP contribution >= 0.6 is 0 Å². The highest BCUT2D eigenvalue weighted by Gasteiger charge is 2.44. The Labute approximate surface area is 177 Å². The van der Waals surface area contributed by atoms with Crippen molar-refractivity contribution in [3.8, 4) is 5.75 Å². The van der Waals surface area contributed by atoms with Gasteiger partial charge >= 0.3 is 0 Å². The standard InChI is InChI=1S/C22H26N2O5S/c1-28-20-8-7-18(30(26,27)24-11-13-29-14-12-24)15-19(20)21(25)23-16-22(9-10-22)17-5-3-2-4-6-17/h2-8,15H,9-14,16H2,1H3,(H,23,25). The molecule has 1 aliphatic carbocycles. The first kappa shape index (κ1) is 20.8. The molecule has 1 heterocycles. The summed E-state index contributed by atoms with van der Waals surface area (Å²) < 4.78 is 37.9. The van der Waals surface area contributed by atoms with Crippen molar-refractivity contribution in [3.05, 3.63) is 59.7 Å². The third-order valence-electron chi connectivity index (χ3n) is 5.85. The number of amides is 1. The first-order valence-electron chi connectivity index (χ1n) is 10.1. The second-order valence-electron chi connectivity index (χ2n) is 7.71. The highest BCUT2D eigenvalue weighted by atomic mass is 32.2. The monoisotopic (exact) mass is 430 g/mol. The van der Waals surface area contributed by atoms with Gasteiger partial charge in [0.25, 0.3) is 5.91 Å². The number of sulfonamides is 1. The van der Waals surface area contributed by atoms with Crippen LogP contribution < -0.4 is 10.1 Å². The van der Waals surface area contributed by atoms with Gasteiger partial charge in [-0.25, -0.2) is 8.42 Å². The molecule has 0 aromatic heterocycles. The van der Waals surface area contributed by atoms with E-state index in [2.05, 4.69) is 17.4 Å². The molecule has 4 rings (SSSR count). The van der Waals surface area contributed by atoms with Crippen LogP contribution in [0.1, 0.15) is 28.8 Å².